The van der Waals surface area contributed by atoms with Gasteiger partial charge >= 0.3 is 0 Å². The minimum Gasteiger partial charge on any atom is -0.390 e. The fraction of sp³-hybridized carbons (Fsp3) is 0.600. The minimum atomic E-state index is -0.509. The molecule has 1 aromatic heterocycles. The molecule has 4 bridgehead atoms. The van der Waals surface area contributed by atoms with Crippen LogP contribution in [0.15, 0.2) is 18.2 Å². The Balaban J connectivity index is 1.33. The maximum absolute atomic E-state index is 13.1. The standard InChI is InChI=1S/C20H23ClN2O2S/c1-11(19-22-16-7-13(21)2-3-17(16)26-19)4-18(24)23-14-5-12-6-15(23)10-20(25,8-12)9-14/h2-3,7,11-12,14-15,25H,4-6,8-10H2,1H3. The summed E-state index contributed by atoms with van der Waals surface area (Å²) in [6, 6.07) is 6.23. The average Bonchev–Trinajstić information content (AvgIpc) is 2.96. The second-order valence-electron chi connectivity index (χ2n) is 8.55. The van der Waals surface area contributed by atoms with Gasteiger partial charge < -0.3 is 10.0 Å². The van der Waals surface area contributed by atoms with Gasteiger partial charge in [-0.15, -0.1) is 11.3 Å². The van der Waals surface area contributed by atoms with Crippen LogP contribution < -0.4 is 0 Å². The van der Waals surface area contributed by atoms with Crippen molar-refractivity contribution >= 4 is 39.1 Å². The second kappa shape index (κ2) is 5.91. The molecular formula is C20H23ClN2O2S. The van der Waals surface area contributed by atoms with Crippen molar-refractivity contribution in [2.75, 3.05) is 0 Å². The third-order valence-corrected chi connectivity index (χ3v) is 7.96. The van der Waals surface area contributed by atoms with E-state index >= 15 is 0 Å². The lowest BCUT2D eigenvalue weighted by Crippen LogP contribution is -2.65. The van der Waals surface area contributed by atoms with Crippen molar-refractivity contribution in [3.8, 4) is 0 Å². The number of rotatable bonds is 3. The van der Waals surface area contributed by atoms with Gasteiger partial charge in [0.05, 0.1) is 20.8 Å². The first kappa shape index (κ1) is 17.0. The van der Waals surface area contributed by atoms with Crippen LogP contribution in [0.4, 0.5) is 0 Å². The van der Waals surface area contributed by atoms with Gasteiger partial charge in [0.2, 0.25) is 5.91 Å². The lowest BCUT2D eigenvalue weighted by Gasteiger charge is -2.59. The van der Waals surface area contributed by atoms with Crippen molar-refractivity contribution in [2.24, 2.45) is 5.92 Å². The highest BCUT2D eigenvalue weighted by Gasteiger charge is 2.54. The first-order valence-electron chi connectivity index (χ1n) is 9.50. The van der Waals surface area contributed by atoms with Crippen LogP contribution in [0.2, 0.25) is 5.02 Å². The molecule has 3 heterocycles. The van der Waals surface area contributed by atoms with Crippen LogP contribution in [0.1, 0.15) is 56.4 Å². The minimum absolute atomic E-state index is 0.0962. The monoisotopic (exact) mass is 390 g/mol. The van der Waals surface area contributed by atoms with Crippen molar-refractivity contribution in [1.82, 2.24) is 9.88 Å². The number of halogens is 1. The summed E-state index contributed by atoms with van der Waals surface area (Å²) in [5.41, 5.74) is 0.402. The lowest BCUT2D eigenvalue weighted by molar-refractivity contribution is -0.174. The summed E-state index contributed by atoms with van der Waals surface area (Å²) >= 11 is 7.71. The molecule has 0 spiro atoms. The summed E-state index contributed by atoms with van der Waals surface area (Å²) in [7, 11) is 0. The van der Waals surface area contributed by atoms with Crippen LogP contribution >= 0.6 is 22.9 Å². The Morgan fingerprint density at radius 2 is 2.12 bits per heavy atom. The Kier molecular flexibility index (Phi) is 3.86. The van der Waals surface area contributed by atoms with E-state index in [2.05, 4.69) is 11.8 Å². The zero-order valence-corrected chi connectivity index (χ0v) is 16.4. The molecule has 6 rings (SSSR count). The van der Waals surface area contributed by atoms with Gasteiger partial charge in [-0.25, -0.2) is 4.98 Å². The van der Waals surface area contributed by atoms with Crippen molar-refractivity contribution in [3.05, 3.63) is 28.2 Å². The number of hydrogen-bond acceptors (Lipinski definition) is 4. The molecule has 2 aliphatic heterocycles. The summed E-state index contributed by atoms with van der Waals surface area (Å²) < 4.78 is 1.11. The molecule has 6 heteroatoms. The zero-order valence-electron chi connectivity index (χ0n) is 14.8. The van der Waals surface area contributed by atoms with Gasteiger partial charge in [0.15, 0.2) is 0 Å². The SMILES string of the molecule is CC(CC(=O)N1C2CC3CC1CC(O)(C3)C2)c1nc2cc(Cl)ccc2s1. The van der Waals surface area contributed by atoms with E-state index in [-0.39, 0.29) is 23.9 Å². The van der Waals surface area contributed by atoms with Gasteiger partial charge in [-0.05, 0) is 56.2 Å². The molecule has 2 saturated heterocycles. The van der Waals surface area contributed by atoms with E-state index in [9.17, 15) is 9.90 Å². The highest BCUT2D eigenvalue weighted by Crippen LogP contribution is 2.51. The Labute approximate surface area is 162 Å². The fourth-order valence-electron chi connectivity index (χ4n) is 5.58. The van der Waals surface area contributed by atoms with Gasteiger partial charge in [0.1, 0.15) is 0 Å². The molecule has 2 aromatic rings. The van der Waals surface area contributed by atoms with Gasteiger partial charge in [0, 0.05) is 29.4 Å². The predicted octanol–water partition coefficient (Wildman–Crippen LogP) is 4.35. The molecule has 1 N–H and O–H groups in total. The Hall–Kier alpha value is -1.17. The van der Waals surface area contributed by atoms with E-state index < -0.39 is 5.60 Å². The molecule has 0 radical (unpaired) electrons. The average molecular weight is 391 g/mol. The topological polar surface area (TPSA) is 53.4 Å². The largest absolute Gasteiger partial charge is 0.390 e. The van der Waals surface area contributed by atoms with Gasteiger partial charge in [-0.1, -0.05) is 18.5 Å². The molecule has 4 nitrogen and oxygen atoms in total. The van der Waals surface area contributed by atoms with E-state index in [1.807, 2.05) is 18.2 Å². The molecule has 138 valence electrons. The summed E-state index contributed by atoms with van der Waals surface area (Å²) in [5.74, 6) is 0.930. The molecule has 26 heavy (non-hydrogen) atoms. The quantitative estimate of drug-likeness (QED) is 0.847. The summed E-state index contributed by atoms with van der Waals surface area (Å²) in [6.45, 7) is 2.09. The summed E-state index contributed by atoms with van der Waals surface area (Å²) in [5, 5.41) is 12.4. The molecule has 2 saturated carbocycles. The number of carbonyl (C=O) groups is 1. The maximum atomic E-state index is 13.1. The van der Waals surface area contributed by atoms with Crippen LogP contribution in [0.25, 0.3) is 10.2 Å². The summed E-state index contributed by atoms with van der Waals surface area (Å²) in [4.78, 5) is 19.9. The molecule has 3 atom stereocenters. The van der Waals surface area contributed by atoms with Crippen LogP contribution in [0.3, 0.4) is 0 Å². The van der Waals surface area contributed by atoms with Crippen LogP contribution in [0, 0.1) is 5.92 Å². The molecule has 3 unspecified atom stereocenters. The molecule has 1 amide bonds. The number of amides is 1. The van der Waals surface area contributed by atoms with E-state index in [1.165, 1.54) is 0 Å². The third-order valence-electron chi connectivity index (χ3n) is 6.45. The van der Waals surface area contributed by atoms with E-state index in [0.29, 0.717) is 17.4 Å². The van der Waals surface area contributed by atoms with E-state index in [4.69, 9.17) is 16.6 Å². The molecule has 2 aliphatic carbocycles. The number of benzene rings is 1. The van der Waals surface area contributed by atoms with E-state index in [1.54, 1.807) is 11.3 Å². The first-order chi connectivity index (χ1) is 12.4. The number of carbonyl (C=O) groups excluding carboxylic acids is 1. The van der Waals surface area contributed by atoms with Crippen LogP contribution in [0.5, 0.6) is 0 Å². The number of piperidine rings is 2. The zero-order chi connectivity index (χ0) is 18.1. The van der Waals surface area contributed by atoms with E-state index in [0.717, 1.165) is 47.3 Å². The Morgan fingerprint density at radius 1 is 1.38 bits per heavy atom. The molecule has 1 aromatic carbocycles. The normalized spacial score (nSPS) is 33.8. The van der Waals surface area contributed by atoms with Crippen molar-refractivity contribution in [1.29, 1.82) is 0 Å². The molecule has 4 aliphatic rings. The number of aliphatic hydroxyl groups is 1. The number of aromatic nitrogens is 1. The number of thiazole rings is 1. The van der Waals surface area contributed by atoms with Gasteiger partial charge in [0.25, 0.3) is 0 Å². The second-order valence-corrected chi connectivity index (χ2v) is 10.1. The number of fused-ring (bicyclic) bond motifs is 1. The third kappa shape index (κ3) is 2.76. The summed E-state index contributed by atoms with van der Waals surface area (Å²) in [6.07, 6.45) is 5.09. The van der Waals surface area contributed by atoms with Crippen molar-refractivity contribution in [2.45, 2.75) is 69.1 Å². The maximum Gasteiger partial charge on any atom is 0.223 e. The lowest BCUT2D eigenvalue weighted by atomic mass is 9.61. The van der Waals surface area contributed by atoms with Gasteiger partial charge in [-0.2, -0.15) is 0 Å². The first-order valence-corrected chi connectivity index (χ1v) is 10.7. The van der Waals surface area contributed by atoms with Crippen molar-refractivity contribution in [3.63, 3.8) is 0 Å². The van der Waals surface area contributed by atoms with Crippen LogP contribution in [-0.2, 0) is 4.79 Å². The molecular weight excluding hydrogens is 368 g/mol. The highest BCUT2D eigenvalue weighted by atomic mass is 35.5. The smallest absolute Gasteiger partial charge is 0.223 e. The Bertz CT molecular complexity index is 866. The van der Waals surface area contributed by atoms with Crippen molar-refractivity contribution < 1.29 is 9.90 Å². The Morgan fingerprint density at radius 3 is 2.81 bits per heavy atom. The van der Waals surface area contributed by atoms with Gasteiger partial charge in [-0.3, -0.25) is 4.79 Å². The number of nitrogens with zero attached hydrogens (tertiary/aromatic N) is 2. The fourth-order valence-corrected chi connectivity index (χ4v) is 6.74. The predicted molar refractivity (Wildman–Crippen MR) is 104 cm³/mol. The molecule has 4 fully saturated rings. The number of hydrogen-bond donors (Lipinski definition) is 1. The highest BCUT2D eigenvalue weighted by molar-refractivity contribution is 7.18. The van der Waals surface area contributed by atoms with Crippen LogP contribution in [-0.4, -0.2) is 38.6 Å².